The van der Waals surface area contributed by atoms with Gasteiger partial charge in [-0.25, -0.2) is 0 Å². The maximum Gasteiger partial charge on any atom is 0.268 e. The van der Waals surface area contributed by atoms with Gasteiger partial charge in [0.2, 0.25) is 5.91 Å². The van der Waals surface area contributed by atoms with Crippen molar-refractivity contribution in [3.05, 3.63) is 60.8 Å². The van der Waals surface area contributed by atoms with E-state index in [0.717, 1.165) is 64.2 Å². The number of nitrogens with zero attached hydrogens (tertiary/aromatic N) is 1. The Labute approximate surface area is 332 Å². The Bertz CT molecular complexity index is 1060. The first kappa shape index (κ1) is 52.2. The molecule has 0 saturated heterocycles. The highest BCUT2D eigenvalue weighted by molar-refractivity contribution is 7.45. The summed E-state index contributed by atoms with van der Waals surface area (Å²) in [6.45, 7) is 4.53. The smallest absolute Gasteiger partial charge is 0.268 e. The molecular weight excluding hydrogens is 695 g/mol. The SMILES string of the molecule is CCCCC/C=C/CC/C=C/C(O)C(COP(=O)([O-])OCC[N+](C)(C)C)NC(=O)CCCCCCCCCC/C=C\C/C=C\C/C=C\CCCCCCC. The van der Waals surface area contributed by atoms with E-state index >= 15 is 0 Å². The maximum absolute atomic E-state index is 12.8. The lowest BCUT2D eigenvalue weighted by Crippen LogP contribution is -2.45. The Hall–Kier alpha value is -1.80. The van der Waals surface area contributed by atoms with Crippen LogP contribution < -0.4 is 10.2 Å². The van der Waals surface area contributed by atoms with Crippen molar-refractivity contribution >= 4 is 13.7 Å². The topological polar surface area (TPSA) is 108 Å². The molecule has 3 unspecified atom stereocenters. The molecule has 54 heavy (non-hydrogen) atoms. The van der Waals surface area contributed by atoms with Gasteiger partial charge < -0.3 is 28.8 Å². The number of hydrogen-bond donors (Lipinski definition) is 2. The summed E-state index contributed by atoms with van der Waals surface area (Å²) in [6.07, 6.45) is 47.1. The fourth-order valence-electron chi connectivity index (χ4n) is 5.70. The molecule has 9 heteroatoms. The van der Waals surface area contributed by atoms with Gasteiger partial charge in [0.25, 0.3) is 7.82 Å². The minimum absolute atomic E-state index is 0.0109. The van der Waals surface area contributed by atoms with Crippen LogP contribution in [-0.4, -0.2) is 68.5 Å². The predicted molar refractivity (Wildman–Crippen MR) is 228 cm³/mol. The molecule has 0 spiro atoms. The molecule has 2 N–H and O–H groups in total. The van der Waals surface area contributed by atoms with Gasteiger partial charge in [0.05, 0.1) is 39.9 Å². The van der Waals surface area contributed by atoms with Crippen LogP contribution in [0.1, 0.15) is 168 Å². The van der Waals surface area contributed by atoms with E-state index in [4.69, 9.17) is 9.05 Å². The second-order valence-corrected chi connectivity index (χ2v) is 17.1. The van der Waals surface area contributed by atoms with E-state index in [0.29, 0.717) is 17.4 Å². The summed E-state index contributed by atoms with van der Waals surface area (Å²) in [5.74, 6) is -0.221. The van der Waals surface area contributed by atoms with Crippen molar-refractivity contribution in [3.8, 4) is 0 Å². The van der Waals surface area contributed by atoms with E-state index in [1.54, 1.807) is 6.08 Å². The molecule has 0 aliphatic heterocycles. The monoisotopic (exact) mass is 779 g/mol. The number of carbonyl (C=O) groups excluding carboxylic acids is 1. The zero-order valence-corrected chi connectivity index (χ0v) is 36.3. The molecule has 8 nitrogen and oxygen atoms in total. The van der Waals surface area contributed by atoms with Crippen LogP contribution in [0.15, 0.2) is 60.8 Å². The standard InChI is InChI=1S/C45H83N2O6P/c1-6-8-10-12-14-16-17-18-19-20-21-22-23-24-25-26-27-28-29-31-33-35-37-39-45(49)46-43(42-53-54(50,51)52-41-40-47(3,4)5)44(48)38-36-34-32-30-15-13-11-9-7-2/h15,17-18,20-21,23-24,30,36,38,43-44,48H,6-14,16,19,22,25-29,31-35,37,39-42H2,1-5H3,(H-,46,49,50,51)/b18-17-,21-20-,24-23-,30-15+,38-36+. The van der Waals surface area contributed by atoms with Crippen LogP contribution in [0, 0.1) is 0 Å². The molecule has 0 aliphatic rings. The van der Waals surface area contributed by atoms with E-state index in [1.807, 2.05) is 27.2 Å². The summed E-state index contributed by atoms with van der Waals surface area (Å²) >= 11 is 0. The molecule has 3 atom stereocenters. The van der Waals surface area contributed by atoms with Crippen molar-refractivity contribution in [3.63, 3.8) is 0 Å². The first-order valence-electron chi connectivity index (χ1n) is 21.7. The van der Waals surface area contributed by atoms with Crippen molar-refractivity contribution in [2.24, 2.45) is 0 Å². The van der Waals surface area contributed by atoms with E-state index in [2.05, 4.69) is 67.8 Å². The van der Waals surface area contributed by atoms with E-state index in [9.17, 15) is 19.4 Å². The Morgan fingerprint density at radius 2 is 1.09 bits per heavy atom. The highest BCUT2D eigenvalue weighted by atomic mass is 31.2. The van der Waals surface area contributed by atoms with Gasteiger partial charge in [-0.15, -0.1) is 0 Å². The van der Waals surface area contributed by atoms with Crippen molar-refractivity contribution in [2.75, 3.05) is 40.9 Å². The van der Waals surface area contributed by atoms with Crippen molar-refractivity contribution in [2.45, 2.75) is 180 Å². The highest BCUT2D eigenvalue weighted by Gasteiger charge is 2.23. The molecule has 0 aliphatic carbocycles. The number of likely N-dealkylation sites (N-methyl/N-ethyl adjacent to an activating group) is 1. The first-order valence-corrected chi connectivity index (χ1v) is 23.1. The van der Waals surface area contributed by atoms with Gasteiger partial charge in [0, 0.05) is 6.42 Å². The maximum atomic E-state index is 12.8. The molecular formula is C45H83N2O6P. The average molecular weight is 779 g/mol. The third-order valence-electron chi connectivity index (χ3n) is 9.20. The lowest BCUT2D eigenvalue weighted by molar-refractivity contribution is -0.870. The number of nitrogens with one attached hydrogen (secondary N) is 1. The number of unbranched alkanes of at least 4 members (excludes halogenated alkanes) is 17. The lowest BCUT2D eigenvalue weighted by Gasteiger charge is -2.29. The summed E-state index contributed by atoms with van der Waals surface area (Å²) in [5.41, 5.74) is 0. The summed E-state index contributed by atoms with van der Waals surface area (Å²) in [4.78, 5) is 25.2. The molecule has 0 heterocycles. The number of phosphoric acid groups is 1. The summed E-state index contributed by atoms with van der Waals surface area (Å²) in [6, 6.07) is -0.907. The second kappa shape index (κ2) is 36.8. The number of aliphatic hydroxyl groups excluding tert-OH is 1. The quantitative estimate of drug-likeness (QED) is 0.0280. The van der Waals surface area contributed by atoms with Crippen molar-refractivity contribution < 1.29 is 32.9 Å². The number of hydrogen-bond acceptors (Lipinski definition) is 6. The molecule has 0 rings (SSSR count). The van der Waals surface area contributed by atoms with Crippen LogP contribution in [0.25, 0.3) is 0 Å². The molecule has 0 aromatic rings. The van der Waals surface area contributed by atoms with Crippen molar-refractivity contribution in [1.82, 2.24) is 5.32 Å². The van der Waals surface area contributed by atoms with Crippen LogP contribution in [0.3, 0.4) is 0 Å². The number of amides is 1. The van der Waals surface area contributed by atoms with Gasteiger partial charge in [-0.3, -0.25) is 9.36 Å². The Morgan fingerprint density at radius 1 is 0.648 bits per heavy atom. The molecule has 314 valence electrons. The van der Waals surface area contributed by atoms with Gasteiger partial charge in [-0.05, 0) is 70.6 Å². The Morgan fingerprint density at radius 3 is 1.67 bits per heavy atom. The highest BCUT2D eigenvalue weighted by Crippen LogP contribution is 2.38. The predicted octanol–water partition coefficient (Wildman–Crippen LogP) is 11.2. The van der Waals surface area contributed by atoms with Gasteiger partial charge >= 0.3 is 0 Å². The normalized spacial score (nSPS) is 15.0. The molecule has 0 aromatic heterocycles. The van der Waals surface area contributed by atoms with Gasteiger partial charge in [0.15, 0.2) is 0 Å². The van der Waals surface area contributed by atoms with E-state index in [1.165, 1.54) is 83.5 Å². The van der Waals surface area contributed by atoms with E-state index in [-0.39, 0.29) is 12.5 Å². The number of allylic oxidation sites excluding steroid dienone is 9. The fraction of sp³-hybridized carbons (Fsp3) is 0.756. The molecule has 0 saturated carbocycles. The Balaban J connectivity index is 4.31. The fourth-order valence-corrected chi connectivity index (χ4v) is 6.42. The number of aliphatic hydroxyl groups is 1. The van der Waals surface area contributed by atoms with Crippen LogP contribution in [-0.2, 0) is 18.4 Å². The first-order chi connectivity index (χ1) is 26.0. The minimum Gasteiger partial charge on any atom is -0.756 e. The zero-order chi connectivity index (χ0) is 40.0. The summed E-state index contributed by atoms with van der Waals surface area (Å²) < 4.78 is 23.1. The summed E-state index contributed by atoms with van der Waals surface area (Å²) in [5, 5.41) is 13.7. The molecule has 0 radical (unpaired) electrons. The third-order valence-corrected chi connectivity index (χ3v) is 10.2. The second-order valence-electron chi connectivity index (χ2n) is 15.7. The van der Waals surface area contributed by atoms with Crippen LogP contribution in [0.2, 0.25) is 0 Å². The van der Waals surface area contributed by atoms with Gasteiger partial charge in [0.1, 0.15) is 13.2 Å². The van der Waals surface area contributed by atoms with Gasteiger partial charge in [-0.1, -0.05) is 152 Å². The van der Waals surface area contributed by atoms with Crippen molar-refractivity contribution in [1.29, 1.82) is 0 Å². The van der Waals surface area contributed by atoms with Crippen LogP contribution in [0.4, 0.5) is 0 Å². The van der Waals surface area contributed by atoms with Crippen LogP contribution >= 0.6 is 7.82 Å². The third kappa shape index (κ3) is 38.5. The Kier molecular flexibility index (Phi) is 35.6. The molecule has 0 fully saturated rings. The largest absolute Gasteiger partial charge is 0.756 e. The zero-order valence-electron chi connectivity index (χ0n) is 35.4. The van der Waals surface area contributed by atoms with E-state index < -0.39 is 26.6 Å². The number of rotatable bonds is 38. The number of quaternary nitrogens is 1. The molecule has 0 bridgehead atoms. The number of phosphoric ester groups is 1. The molecule has 1 amide bonds. The minimum atomic E-state index is -4.59. The lowest BCUT2D eigenvalue weighted by atomic mass is 10.1. The van der Waals surface area contributed by atoms with Crippen LogP contribution in [0.5, 0.6) is 0 Å². The summed E-state index contributed by atoms with van der Waals surface area (Å²) in [7, 11) is 1.23. The average Bonchev–Trinajstić information content (AvgIpc) is 3.12. The molecule has 0 aromatic carbocycles. The van der Waals surface area contributed by atoms with Gasteiger partial charge in [-0.2, -0.15) is 0 Å². The number of carbonyl (C=O) groups is 1.